The van der Waals surface area contributed by atoms with Crippen molar-refractivity contribution in [3.63, 3.8) is 0 Å². The average molecular weight is 546 g/mol. The van der Waals surface area contributed by atoms with Gasteiger partial charge in [0.25, 0.3) is 11.8 Å². The number of nitrogens with one attached hydrogen (secondary N) is 1. The molecule has 2 aromatic heterocycles. The number of carboxylic acids is 1. The third-order valence-corrected chi connectivity index (χ3v) is 7.69. The highest BCUT2D eigenvalue weighted by Crippen LogP contribution is 2.43. The van der Waals surface area contributed by atoms with E-state index in [0.717, 1.165) is 17.1 Å². The summed E-state index contributed by atoms with van der Waals surface area (Å²) >= 11 is 3.44. The van der Waals surface area contributed by atoms with Gasteiger partial charge in [-0.2, -0.15) is 9.36 Å². The molecule has 2 aromatic rings. The van der Waals surface area contributed by atoms with E-state index in [1.54, 1.807) is 29.9 Å². The lowest BCUT2D eigenvalue weighted by Crippen LogP contribution is -2.71. The zero-order valence-corrected chi connectivity index (χ0v) is 20.9. The summed E-state index contributed by atoms with van der Waals surface area (Å²) in [6.45, 7) is 3.54. The normalized spacial score (nSPS) is 19.6. The molecule has 2 aliphatic rings. The van der Waals surface area contributed by atoms with Crippen molar-refractivity contribution in [2.75, 3.05) is 18.1 Å². The molecule has 1 fully saturated rings. The number of aromatic nitrogens is 3. The number of carbonyl (C=O) groups excluding carboxylic acids is 2. The Morgan fingerprint density at radius 3 is 2.97 bits per heavy atom. The van der Waals surface area contributed by atoms with Gasteiger partial charge in [-0.1, -0.05) is 35.6 Å². The molecule has 0 spiro atoms. The zero-order chi connectivity index (χ0) is 25.7. The zero-order valence-electron chi connectivity index (χ0n) is 18.4. The van der Waals surface area contributed by atoms with Gasteiger partial charge in [-0.15, -0.1) is 11.8 Å². The fourth-order valence-corrected chi connectivity index (χ4v) is 6.02. The van der Waals surface area contributed by atoms with Gasteiger partial charge in [0, 0.05) is 34.6 Å². The third kappa shape index (κ3) is 5.42. The van der Waals surface area contributed by atoms with E-state index in [-0.39, 0.29) is 29.0 Å². The standard InChI is InChI=1S/C21H19N7O5S3/c1-2-7-33-26-13(16-25-21(22)36-27-16)17(29)24-14-18(30)28-15(20(31)32)12(10-35-19(14)28)34-8-5-11-4-3-6-23-9-11/h2-6,8-9,14,19H,1,7,10H2,(H,24,29)(H,31,32)(H2,22,25,27)/b8-5-,26-13?/t14?,19-/m0/s1. The lowest BCUT2D eigenvalue weighted by atomic mass is 10.0. The van der Waals surface area contributed by atoms with Crippen LogP contribution < -0.4 is 11.1 Å². The quantitative estimate of drug-likeness (QED) is 0.130. The molecule has 4 N–H and O–H groups in total. The molecule has 0 aromatic carbocycles. The van der Waals surface area contributed by atoms with Gasteiger partial charge in [0.2, 0.25) is 11.5 Å². The van der Waals surface area contributed by atoms with Crippen molar-refractivity contribution < 1.29 is 24.3 Å². The Balaban J connectivity index is 1.49. The summed E-state index contributed by atoms with van der Waals surface area (Å²) in [5.74, 6) is -2.24. The number of carboxylic acid groups (broad SMARTS) is 1. The van der Waals surface area contributed by atoms with Crippen LogP contribution in [0.25, 0.3) is 6.08 Å². The fraction of sp³-hybridized carbons (Fsp3) is 0.190. The maximum Gasteiger partial charge on any atom is 0.353 e. The van der Waals surface area contributed by atoms with E-state index in [0.29, 0.717) is 10.7 Å². The first kappa shape index (κ1) is 25.4. The number of thioether (sulfide) groups is 2. The number of amides is 2. The van der Waals surface area contributed by atoms with Gasteiger partial charge < -0.3 is 21.0 Å². The van der Waals surface area contributed by atoms with Crippen LogP contribution in [0.3, 0.4) is 0 Å². The molecular formula is C21H19N7O5S3. The molecule has 12 nitrogen and oxygen atoms in total. The SMILES string of the molecule is C=CCON=C(C(=O)NC1C(=O)N2C(C(=O)O)=C(S/C=C\c3cccnc3)CS[C@@H]12)c1nsc(N)n1. The maximum atomic E-state index is 12.9. The predicted molar refractivity (Wildman–Crippen MR) is 138 cm³/mol. The number of carbonyl (C=O) groups is 3. The first-order chi connectivity index (χ1) is 17.4. The van der Waals surface area contributed by atoms with Gasteiger partial charge >= 0.3 is 5.97 Å². The Bertz CT molecular complexity index is 1280. The van der Waals surface area contributed by atoms with E-state index in [1.165, 1.54) is 34.5 Å². The molecule has 0 bridgehead atoms. The molecule has 36 heavy (non-hydrogen) atoms. The van der Waals surface area contributed by atoms with Crippen molar-refractivity contribution in [3.05, 3.63) is 64.6 Å². The monoisotopic (exact) mass is 545 g/mol. The van der Waals surface area contributed by atoms with Crippen molar-refractivity contribution in [3.8, 4) is 0 Å². The number of hydrogen-bond acceptors (Lipinski definition) is 12. The predicted octanol–water partition coefficient (Wildman–Crippen LogP) is 1.52. The molecule has 0 radical (unpaired) electrons. The largest absolute Gasteiger partial charge is 0.477 e. The van der Waals surface area contributed by atoms with Crippen LogP contribution in [0.4, 0.5) is 5.13 Å². The molecule has 0 aliphatic carbocycles. The Hall–Kier alpha value is -3.69. The van der Waals surface area contributed by atoms with E-state index in [1.807, 2.05) is 6.07 Å². The highest BCUT2D eigenvalue weighted by atomic mass is 32.2. The minimum Gasteiger partial charge on any atom is -0.477 e. The van der Waals surface area contributed by atoms with Gasteiger partial charge in [-0.05, 0) is 23.1 Å². The van der Waals surface area contributed by atoms with Crippen LogP contribution >= 0.6 is 35.1 Å². The van der Waals surface area contributed by atoms with Gasteiger partial charge in [-0.25, -0.2) is 4.79 Å². The Morgan fingerprint density at radius 1 is 1.47 bits per heavy atom. The molecule has 4 rings (SSSR count). The fourth-order valence-electron chi connectivity index (χ4n) is 3.23. The molecule has 15 heteroatoms. The highest BCUT2D eigenvalue weighted by Gasteiger charge is 2.54. The molecule has 2 amide bonds. The van der Waals surface area contributed by atoms with Crippen molar-refractivity contribution >= 4 is 69.8 Å². The molecular weight excluding hydrogens is 526 g/mol. The molecule has 1 saturated heterocycles. The third-order valence-electron chi connectivity index (χ3n) is 4.79. The van der Waals surface area contributed by atoms with E-state index >= 15 is 0 Å². The summed E-state index contributed by atoms with van der Waals surface area (Å²) in [6, 6.07) is 2.70. The number of hydrogen-bond donors (Lipinski definition) is 3. The number of β-lactam (4-membered cyclic amide) rings is 1. The maximum absolute atomic E-state index is 12.9. The van der Waals surface area contributed by atoms with Crippen LogP contribution in [0.15, 0.2) is 58.3 Å². The molecule has 4 heterocycles. The van der Waals surface area contributed by atoms with Gasteiger partial charge in [0.1, 0.15) is 23.7 Å². The number of pyridine rings is 1. The summed E-state index contributed by atoms with van der Waals surface area (Å²) in [5, 5.41) is 17.5. The Kier molecular flexibility index (Phi) is 8.02. The molecule has 2 aliphatic heterocycles. The van der Waals surface area contributed by atoms with Gasteiger partial charge in [0.15, 0.2) is 5.13 Å². The van der Waals surface area contributed by atoms with Crippen LogP contribution in [0.2, 0.25) is 0 Å². The smallest absolute Gasteiger partial charge is 0.353 e. The first-order valence-electron chi connectivity index (χ1n) is 10.3. The number of anilines is 1. The van der Waals surface area contributed by atoms with Crippen LogP contribution in [0, 0.1) is 0 Å². The lowest BCUT2D eigenvalue weighted by Gasteiger charge is -2.49. The summed E-state index contributed by atoms with van der Waals surface area (Å²) in [7, 11) is 0. The van der Waals surface area contributed by atoms with Gasteiger partial charge in [0.05, 0.1) is 0 Å². The van der Waals surface area contributed by atoms with Gasteiger partial charge in [-0.3, -0.25) is 19.5 Å². The second kappa shape index (κ2) is 11.4. The minimum atomic E-state index is -1.22. The summed E-state index contributed by atoms with van der Waals surface area (Å²) < 4.78 is 3.97. The first-order valence-corrected chi connectivity index (χ1v) is 13.0. The summed E-state index contributed by atoms with van der Waals surface area (Å²) in [5.41, 5.74) is 6.10. The molecule has 1 unspecified atom stereocenters. The number of rotatable bonds is 10. The lowest BCUT2D eigenvalue weighted by molar-refractivity contribution is -0.150. The Morgan fingerprint density at radius 2 is 2.31 bits per heavy atom. The van der Waals surface area contributed by atoms with E-state index < -0.39 is 29.2 Å². The number of oxime groups is 1. The van der Waals surface area contributed by atoms with Crippen LogP contribution in [-0.2, 0) is 19.2 Å². The second-order valence-corrected chi connectivity index (χ2v) is 10.0. The number of nitrogens with two attached hydrogens (primary N) is 1. The number of nitrogens with zero attached hydrogens (tertiary/aromatic N) is 5. The molecule has 0 saturated carbocycles. The van der Waals surface area contributed by atoms with Crippen molar-refractivity contribution in [1.82, 2.24) is 24.6 Å². The molecule has 2 atom stereocenters. The molecule has 186 valence electrons. The highest BCUT2D eigenvalue weighted by molar-refractivity contribution is 8.08. The van der Waals surface area contributed by atoms with Crippen LogP contribution in [-0.4, -0.2) is 71.6 Å². The number of aliphatic carboxylic acids is 1. The van der Waals surface area contributed by atoms with Crippen LogP contribution in [0.5, 0.6) is 0 Å². The summed E-state index contributed by atoms with van der Waals surface area (Å²) in [6.07, 6.45) is 6.58. The number of fused-ring (bicyclic) bond motifs is 1. The summed E-state index contributed by atoms with van der Waals surface area (Å²) in [4.78, 5) is 52.6. The van der Waals surface area contributed by atoms with Crippen molar-refractivity contribution in [1.29, 1.82) is 0 Å². The van der Waals surface area contributed by atoms with Crippen molar-refractivity contribution in [2.24, 2.45) is 5.16 Å². The second-order valence-electron chi connectivity index (χ2n) is 7.13. The average Bonchev–Trinajstić information content (AvgIpc) is 3.30. The Labute approximate surface area is 217 Å². The van der Waals surface area contributed by atoms with E-state index in [4.69, 9.17) is 10.6 Å². The van der Waals surface area contributed by atoms with Crippen LogP contribution in [0.1, 0.15) is 11.4 Å². The minimum absolute atomic E-state index is 0.0352. The topological polar surface area (TPSA) is 173 Å². The van der Waals surface area contributed by atoms with E-state index in [9.17, 15) is 19.5 Å². The number of nitrogen functional groups attached to an aromatic ring is 1. The van der Waals surface area contributed by atoms with Crippen molar-refractivity contribution in [2.45, 2.75) is 11.4 Å². The van der Waals surface area contributed by atoms with E-state index in [2.05, 4.69) is 31.4 Å².